The Kier molecular flexibility index (Phi) is 3.81. The maximum Gasteiger partial charge on any atom is 0.306 e. The average Bonchev–Trinajstić information content (AvgIpc) is 2.71. The average molecular weight is 208 g/mol. The van der Waals surface area contributed by atoms with Gasteiger partial charge in [-0.05, 0) is 44.4 Å². The Morgan fingerprint density at radius 2 is 2.00 bits per heavy atom. The van der Waals surface area contributed by atoms with E-state index in [1.54, 1.807) is 0 Å². The van der Waals surface area contributed by atoms with Crippen molar-refractivity contribution in [3.63, 3.8) is 0 Å². The minimum atomic E-state index is 0.0125. The van der Waals surface area contributed by atoms with E-state index >= 15 is 0 Å². The molecule has 1 saturated carbocycles. The highest BCUT2D eigenvalue weighted by Gasteiger charge is 2.20. The molecular formula is C13H20O2. The van der Waals surface area contributed by atoms with Crippen LogP contribution in [0.1, 0.15) is 51.4 Å². The molecule has 0 unspecified atom stereocenters. The van der Waals surface area contributed by atoms with Gasteiger partial charge in [-0.25, -0.2) is 0 Å². The summed E-state index contributed by atoms with van der Waals surface area (Å²) in [6, 6.07) is 0. The lowest BCUT2D eigenvalue weighted by atomic mass is 9.97. The number of hydrogen-bond donors (Lipinski definition) is 0. The maximum absolute atomic E-state index is 11.6. The molecule has 0 spiro atoms. The van der Waals surface area contributed by atoms with Crippen molar-refractivity contribution in [1.82, 2.24) is 0 Å². The molecule has 0 bridgehead atoms. The molecule has 1 atom stereocenters. The molecule has 0 amide bonds. The third-order valence-corrected chi connectivity index (χ3v) is 3.39. The van der Waals surface area contributed by atoms with Crippen LogP contribution in [-0.4, -0.2) is 12.1 Å². The summed E-state index contributed by atoms with van der Waals surface area (Å²) in [6.07, 6.45) is 13.3. The SMILES string of the molecule is O=C(C[C@@H]1C=CCC1)OC1CCCCC1. The maximum atomic E-state index is 11.6. The number of esters is 1. The van der Waals surface area contributed by atoms with Crippen LogP contribution in [0.3, 0.4) is 0 Å². The van der Waals surface area contributed by atoms with Crippen molar-refractivity contribution in [2.24, 2.45) is 5.92 Å². The van der Waals surface area contributed by atoms with E-state index in [0.29, 0.717) is 12.3 Å². The number of hydrogen-bond acceptors (Lipinski definition) is 2. The van der Waals surface area contributed by atoms with Crippen LogP contribution >= 0.6 is 0 Å². The molecule has 0 aromatic rings. The fraction of sp³-hybridized carbons (Fsp3) is 0.769. The zero-order valence-corrected chi connectivity index (χ0v) is 9.28. The monoisotopic (exact) mass is 208 g/mol. The van der Waals surface area contributed by atoms with E-state index in [2.05, 4.69) is 12.2 Å². The number of carbonyl (C=O) groups is 1. The van der Waals surface area contributed by atoms with E-state index in [1.165, 1.54) is 19.3 Å². The molecule has 0 aromatic heterocycles. The summed E-state index contributed by atoms with van der Waals surface area (Å²) < 4.78 is 5.48. The normalized spacial score (nSPS) is 26.8. The number of carbonyl (C=O) groups excluding carboxylic acids is 1. The quantitative estimate of drug-likeness (QED) is 0.526. The van der Waals surface area contributed by atoms with Gasteiger partial charge in [-0.3, -0.25) is 4.79 Å². The Bertz CT molecular complexity index is 239. The molecule has 0 radical (unpaired) electrons. The summed E-state index contributed by atoms with van der Waals surface area (Å²) in [4.78, 5) is 11.6. The molecule has 0 aromatic carbocycles. The summed E-state index contributed by atoms with van der Waals surface area (Å²) in [5.41, 5.74) is 0. The van der Waals surface area contributed by atoms with Crippen molar-refractivity contribution >= 4 is 5.97 Å². The Hall–Kier alpha value is -0.790. The highest BCUT2D eigenvalue weighted by atomic mass is 16.5. The van der Waals surface area contributed by atoms with Gasteiger partial charge in [0.2, 0.25) is 0 Å². The lowest BCUT2D eigenvalue weighted by Gasteiger charge is -2.22. The van der Waals surface area contributed by atoms with Crippen molar-refractivity contribution in [2.75, 3.05) is 0 Å². The lowest BCUT2D eigenvalue weighted by Crippen LogP contribution is -2.21. The molecule has 2 rings (SSSR count). The van der Waals surface area contributed by atoms with Crippen LogP contribution in [-0.2, 0) is 9.53 Å². The van der Waals surface area contributed by atoms with Crippen molar-refractivity contribution in [2.45, 2.75) is 57.5 Å². The molecule has 0 saturated heterocycles. The van der Waals surface area contributed by atoms with E-state index in [1.807, 2.05) is 0 Å². The second-order valence-corrected chi connectivity index (χ2v) is 4.72. The first-order valence-electron chi connectivity index (χ1n) is 6.21. The standard InChI is InChI=1S/C13H20O2/c14-13(10-11-6-4-5-7-11)15-12-8-2-1-3-9-12/h4,6,11-12H,1-3,5,7-10H2/t11-/m1/s1. The van der Waals surface area contributed by atoms with Crippen LogP contribution in [0.25, 0.3) is 0 Å². The van der Waals surface area contributed by atoms with Gasteiger partial charge in [0.05, 0.1) is 6.42 Å². The largest absolute Gasteiger partial charge is 0.462 e. The van der Waals surface area contributed by atoms with Crippen molar-refractivity contribution in [3.8, 4) is 0 Å². The molecule has 84 valence electrons. The van der Waals surface area contributed by atoms with Crippen LogP contribution in [0.4, 0.5) is 0 Å². The first-order valence-corrected chi connectivity index (χ1v) is 6.21. The molecule has 0 heterocycles. The molecule has 2 aliphatic carbocycles. The first kappa shape index (κ1) is 10.7. The van der Waals surface area contributed by atoms with E-state index in [-0.39, 0.29) is 12.1 Å². The fourth-order valence-electron chi connectivity index (χ4n) is 2.50. The van der Waals surface area contributed by atoms with Crippen LogP contribution in [0.2, 0.25) is 0 Å². The van der Waals surface area contributed by atoms with Gasteiger partial charge in [-0.15, -0.1) is 0 Å². The smallest absolute Gasteiger partial charge is 0.306 e. The summed E-state index contributed by atoms with van der Waals surface area (Å²) >= 11 is 0. The highest BCUT2D eigenvalue weighted by molar-refractivity contribution is 5.70. The van der Waals surface area contributed by atoms with Crippen LogP contribution in [0.5, 0.6) is 0 Å². The summed E-state index contributed by atoms with van der Waals surface area (Å²) in [5.74, 6) is 0.458. The van der Waals surface area contributed by atoms with Gasteiger partial charge in [0, 0.05) is 0 Å². The number of rotatable bonds is 3. The van der Waals surface area contributed by atoms with Crippen molar-refractivity contribution < 1.29 is 9.53 Å². The minimum absolute atomic E-state index is 0.0125. The third-order valence-electron chi connectivity index (χ3n) is 3.39. The Labute approximate surface area is 91.7 Å². The number of ether oxygens (including phenoxy) is 1. The second-order valence-electron chi connectivity index (χ2n) is 4.72. The van der Waals surface area contributed by atoms with Gasteiger partial charge in [0.25, 0.3) is 0 Å². The first-order chi connectivity index (χ1) is 7.34. The van der Waals surface area contributed by atoms with E-state index in [9.17, 15) is 4.79 Å². The molecule has 0 N–H and O–H groups in total. The Morgan fingerprint density at radius 1 is 1.20 bits per heavy atom. The molecular weight excluding hydrogens is 188 g/mol. The van der Waals surface area contributed by atoms with E-state index < -0.39 is 0 Å². The van der Waals surface area contributed by atoms with Gasteiger partial charge in [-0.2, -0.15) is 0 Å². The van der Waals surface area contributed by atoms with Gasteiger partial charge >= 0.3 is 5.97 Å². The van der Waals surface area contributed by atoms with E-state index in [4.69, 9.17) is 4.74 Å². The van der Waals surface area contributed by atoms with Crippen LogP contribution in [0.15, 0.2) is 12.2 Å². The summed E-state index contributed by atoms with van der Waals surface area (Å²) in [7, 11) is 0. The number of allylic oxidation sites excluding steroid dienone is 2. The second kappa shape index (κ2) is 5.34. The van der Waals surface area contributed by atoms with Gasteiger partial charge in [0.1, 0.15) is 6.10 Å². The van der Waals surface area contributed by atoms with Crippen LogP contribution < -0.4 is 0 Å². The molecule has 2 aliphatic rings. The topological polar surface area (TPSA) is 26.3 Å². The molecule has 15 heavy (non-hydrogen) atoms. The third kappa shape index (κ3) is 3.37. The Balaban J connectivity index is 1.69. The summed E-state index contributed by atoms with van der Waals surface area (Å²) in [5, 5.41) is 0. The minimum Gasteiger partial charge on any atom is -0.462 e. The molecule has 0 aliphatic heterocycles. The van der Waals surface area contributed by atoms with Gasteiger partial charge < -0.3 is 4.74 Å². The predicted octanol–water partition coefficient (Wildman–Crippen LogP) is 3.22. The molecule has 2 heteroatoms. The van der Waals surface area contributed by atoms with Crippen molar-refractivity contribution in [3.05, 3.63) is 12.2 Å². The lowest BCUT2D eigenvalue weighted by molar-refractivity contribution is -0.151. The van der Waals surface area contributed by atoms with Crippen LogP contribution in [0, 0.1) is 5.92 Å². The molecule has 2 nitrogen and oxygen atoms in total. The Morgan fingerprint density at radius 3 is 2.67 bits per heavy atom. The van der Waals surface area contributed by atoms with E-state index in [0.717, 1.165) is 25.7 Å². The van der Waals surface area contributed by atoms with Gasteiger partial charge in [0.15, 0.2) is 0 Å². The van der Waals surface area contributed by atoms with Crippen molar-refractivity contribution in [1.29, 1.82) is 0 Å². The fourth-order valence-corrected chi connectivity index (χ4v) is 2.50. The van der Waals surface area contributed by atoms with Gasteiger partial charge in [-0.1, -0.05) is 18.6 Å². The summed E-state index contributed by atoms with van der Waals surface area (Å²) in [6.45, 7) is 0. The zero-order valence-electron chi connectivity index (χ0n) is 9.28. The highest BCUT2D eigenvalue weighted by Crippen LogP contribution is 2.24. The zero-order chi connectivity index (χ0) is 10.5. The predicted molar refractivity (Wildman–Crippen MR) is 59.4 cm³/mol. The molecule has 1 fully saturated rings.